The smallest absolute Gasteiger partial charge is 0.138 e. The lowest BCUT2D eigenvalue weighted by atomic mass is 9.77. The fourth-order valence-electron chi connectivity index (χ4n) is 5.21. The van der Waals surface area contributed by atoms with Gasteiger partial charge in [-0.25, -0.2) is 8.78 Å². The van der Waals surface area contributed by atoms with E-state index in [-0.39, 0.29) is 11.6 Å². The van der Waals surface area contributed by atoms with Gasteiger partial charge < -0.3 is 0 Å². The van der Waals surface area contributed by atoms with Gasteiger partial charge in [0.1, 0.15) is 11.6 Å². The van der Waals surface area contributed by atoms with Crippen molar-refractivity contribution in [3.63, 3.8) is 0 Å². The zero-order valence-electron chi connectivity index (χ0n) is 18.7. The maximum absolute atomic E-state index is 15.1. The Morgan fingerprint density at radius 3 is 2.19 bits per heavy atom. The van der Waals surface area contributed by atoms with E-state index in [1.807, 2.05) is 18.2 Å². The Hall–Kier alpha value is -2.22. The van der Waals surface area contributed by atoms with E-state index in [2.05, 4.69) is 19.1 Å². The summed E-state index contributed by atoms with van der Waals surface area (Å²) in [5, 5.41) is 1.58. The van der Waals surface area contributed by atoms with Gasteiger partial charge in [-0.05, 0) is 53.3 Å². The Labute approximate surface area is 185 Å². The normalized spacial score (nSPS) is 19.1. The summed E-state index contributed by atoms with van der Waals surface area (Å²) in [5.74, 6) is 1.27. The fraction of sp³-hybridized carbons (Fsp3) is 0.448. The minimum atomic E-state index is -0.306. The van der Waals surface area contributed by atoms with Crippen LogP contribution in [0.4, 0.5) is 8.78 Å². The number of unbranched alkanes of at least 4 members (excludes halogenated alkanes) is 2. The van der Waals surface area contributed by atoms with E-state index in [9.17, 15) is 4.39 Å². The van der Waals surface area contributed by atoms with Gasteiger partial charge in [0, 0.05) is 10.9 Å². The van der Waals surface area contributed by atoms with Crippen LogP contribution in [-0.2, 0) is 6.42 Å². The molecule has 0 radical (unpaired) electrons. The van der Waals surface area contributed by atoms with Crippen LogP contribution in [0.2, 0.25) is 0 Å². The molecule has 0 saturated heterocycles. The highest BCUT2D eigenvalue weighted by atomic mass is 19.1. The number of halogens is 2. The summed E-state index contributed by atoms with van der Waals surface area (Å²) in [6.45, 7) is 2.28. The van der Waals surface area contributed by atoms with E-state index in [1.165, 1.54) is 75.5 Å². The number of hydrogen-bond acceptors (Lipinski definition) is 0. The second-order valence-corrected chi connectivity index (χ2v) is 9.41. The third-order valence-electron chi connectivity index (χ3n) is 7.20. The van der Waals surface area contributed by atoms with Gasteiger partial charge in [0.25, 0.3) is 0 Å². The summed E-state index contributed by atoms with van der Waals surface area (Å²) in [5.41, 5.74) is 2.53. The zero-order valence-corrected chi connectivity index (χ0v) is 18.7. The van der Waals surface area contributed by atoms with Crippen molar-refractivity contribution in [2.45, 2.75) is 71.1 Å². The number of benzene rings is 3. The van der Waals surface area contributed by atoms with Crippen molar-refractivity contribution in [1.29, 1.82) is 0 Å². The molecule has 0 aliphatic heterocycles. The highest BCUT2D eigenvalue weighted by Crippen LogP contribution is 2.35. The summed E-state index contributed by atoms with van der Waals surface area (Å²) in [4.78, 5) is 0. The van der Waals surface area contributed by atoms with Gasteiger partial charge in [-0.1, -0.05) is 101 Å². The molecule has 3 aromatic carbocycles. The van der Waals surface area contributed by atoms with E-state index < -0.39 is 0 Å². The van der Waals surface area contributed by atoms with Gasteiger partial charge in [0.05, 0.1) is 0 Å². The average Bonchev–Trinajstić information content (AvgIpc) is 2.80. The fourth-order valence-corrected chi connectivity index (χ4v) is 5.21. The van der Waals surface area contributed by atoms with Crippen molar-refractivity contribution in [3.8, 4) is 11.1 Å². The van der Waals surface area contributed by atoms with Crippen molar-refractivity contribution in [2.24, 2.45) is 11.8 Å². The SMILES string of the molecule is CCCCC[C@H]1CC[C@H](CCc2ccc3c(F)c(-c4ccc(F)cc4)ccc3c2)CC1. The van der Waals surface area contributed by atoms with Crippen LogP contribution in [0.25, 0.3) is 21.9 Å². The van der Waals surface area contributed by atoms with Crippen LogP contribution in [0.3, 0.4) is 0 Å². The van der Waals surface area contributed by atoms with Crippen LogP contribution >= 0.6 is 0 Å². The van der Waals surface area contributed by atoms with Crippen LogP contribution < -0.4 is 0 Å². The molecule has 0 nitrogen and oxygen atoms in total. The van der Waals surface area contributed by atoms with Crippen LogP contribution in [0.15, 0.2) is 54.6 Å². The number of rotatable bonds is 8. The monoisotopic (exact) mass is 420 g/mol. The molecular weight excluding hydrogens is 386 g/mol. The molecule has 3 aromatic rings. The molecule has 0 unspecified atom stereocenters. The van der Waals surface area contributed by atoms with Gasteiger partial charge in [-0.3, -0.25) is 0 Å². The first-order valence-electron chi connectivity index (χ1n) is 12.1. The molecule has 1 aliphatic carbocycles. The Bertz CT molecular complexity index is 982. The van der Waals surface area contributed by atoms with Crippen LogP contribution in [0.1, 0.15) is 70.3 Å². The number of hydrogen-bond donors (Lipinski definition) is 0. The van der Waals surface area contributed by atoms with E-state index in [0.717, 1.165) is 23.6 Å². The van der Waals surface area contributed by atoms with E-state index in [1.54, 1.807) is 12.1 Å². The van der Waals surface area contributed by atoms with Gasteiger partial charge in [0.15, 0.2) is 0 Å². The second-order valence-electron chi connectivity index (χ2n) is 9.41. The molecule has 164 valence electrons. The van der Waals surface area contributed by atoms with Crippen molar-refractivity contribution in [3.05, 3.63) is 71.8 Å². The lowest BCUT2D eigenvalue weighted by Gasteiger charge is -2.28. The first kappa shape index (κ1) is 22.0. The number of fused-ring (bicyclic) bond motifs is 1. The topological polar surface area (TPSA) is 0 Å². The predicted molar refractivity (Wildman–Crippen MR) is 127 cm³/mol. The Kier molecular flexibility index (Phi) is 7.37. The minimum absolute atomic E-state index is 0.225. The predicted octanol–water partition coefficient (Wildman–Crippen LogP) is 9.10. The van der Waals surface area contributed by atoms with Crippen LogP contribution in [0, 0.1) is 23.5 Å². The first-order valence-corrected chi connectivity index (χ1v) is 12.1. The number of aryl methyl sites for hydroxylation is 1. The molecule has 0 N–H and O–H groups in total. The van der Waals surface area contributed by atoms with Crippen molar-refractivity contribution in [2.75, 3.05) is 0 Å². The molecule has 0 aromatic heterocycles. The first-order chi connectivity index (χ1) is 15.1. The maximum Gasteiger partial charge on any atom is 0.138 e. The van der Waals surface area contributed by atoms with Gasteiger partial charge >= 0.3 is 0 Å². The van der Waals surface area contributed by atoms with E-state index in [0.29, 0.717) is 16.5 Å². The molecule has 1 aliphatic rings. The summed E-state index contributed by atoms with van der Waals surface area (Å²) in [6.07, 6.45) is 13.4. The summed E-state index contributed by atoms with van der Waals surface area (Å²) >= 11 is 0. The largest absolute Gasteiger partial charge is 0.207 e. The summed E-state index contributed by atoms with van der Waals surface area (Å²) in [6, 6.07) is 16.0. The van der Waals surface area contributed by atoms with Gasteiger partial charge in [0.2, 0.25) is 0 Å². The lowest BCUT2D eigenvalue weighted by molar-refractivity contribution is 0.249. The van der Waals surface area contributed by atoms with Gasteiger partial charge in [-0.15, -0.1) is 0 Å². The Balaban J connectivity index is 1.37. The molecule has 0 amide bonds. The quantitative estimate of drug-likeness (QED) is 0.319. The molecule has 0 heterocycles. The zero-order chi connectivity index (χ0) is 21.6. The van der Waals surface area contributed by atoms with E-state index >= 15 is 4.39 Å². The third kappa shape index (κ3) is 5.53. The Morgan fingerprint density at radius 1 is 0.774 bits per heavy atom. The minimum Gasteiger partial charge on any atom is -0.207 e. The van der Waals surface area contributed by atoms with Crippen LogP contribution in [-0.4, -0.2) is 0 Å². The maximum atomic E-state index is 15.1. The molecule has 1 saturated carbocycles. The molecule has 2 heteroatoms. The van der Waals surface area contributed by atoms with Crippen molar-refractivity contribution >= 4 is 10.8 Å². The van der Waals surface area contributed by atoms with Gasteiger partial charge in [-0.2, -0.15) is 0 Å². The highest BCUT2D eigenvalue weighted by Gasteiger charge is 2.20. The highest BCUT2D eigenvalue weighted by molar-refractivity contribution is 5.88. The van der Waals surface area contributed by atoms with Crippen LogP contribution in [0.5, 0.6) is 0 Å². The molecule has 4 rings (SSSR count). The molecule has 0 atom stereocenters. The standard InChI is InChI=1S/C29H34F2/c1-2-3-4-5-21-6-8-22(9-7-21)10-11-23-12-18-28-25(20-23)15-19-27(29(28)31)24-13-16-26(30)17-14-24/h12-22H,2-11H2,1H3/t21-,22-. The summed E-state index contributed by atoms with van der Waals surface area (Å²) < 4.78 is 28.3. The molecule has 31 heavy (non-hydrogen) atoms. The second kappa shape index (κ2) is 10.4. The van der Waals surface area contributed by atoms with Crippen molar-refractivity contribution < 1.29 is 8.78 Å². The Morgan fingerprint density at radius 2 is 1.48 bits per heavy atom. The van der Waals surface area contributed by atoms with Crippen molar-refractivity contribution in [1.82, 2.24) is 0 Å². The molecule has 0 bridgehead atoms. The molecule has 0 spiro atoms. The lowest BCUT2D eigenvalue weighted by Crippen LogP contribution is -2.15. The summed E-state index contributed by atoms with van der Waals surface area (Å²) in [7, 11) is 0. The average molecular weight is 421 g/mol. The molecule has 1 fully saturated rings. The molecular formula is C29H34F2. The third-order valence-corrected chi connectivity index (χ3v) is 7.20. The van der Waals surface area contributed by atoms with E-state index in [4.69, 9.17) is 0 Å².